The lowest BCUT2D eigenvalue weighted by Gasteiger charge is -2.22. The number of hydrogen-bond acceptors (Lipinski definition) is 5. The summed E-state index contributed by atoms with van der Waals surface area (Å²) in [5.74, 6) is -0.252. The maximum atomic E-state index is 12.3. The van der Waals surface area contributed by atoms with E-state index in [1.54, 1.807) is 25.1 Å². The number of hydrogen-bond donors (Lipinski definition) is 1. The zero-order valence-corrected chi connectivity index (χ0v) is 15.0. The van der Waals surface area contributed by atoms with E-state index in [1.165, 1.54) is 0 Å². The number of rotatable bonds is 6. The quantitative estimate of drug-likeness (QED) is 0.862. The first-order valence-corrected chi connectivity index (χ1v) is 9.36. The van der Waals surface area contributed by atoms with Gasteiger partial charge in [0.1, 0.15) is 6.54 Å². The third-order valence-corrected chi connectivity index (χ3v) is 4.73. The minimum atomic E-state index is -3.61. The van der Waals surface area contributed by atoms with E-state index in [9.17, 15) is 13.2 Å². The van der Waals surface area contributed by atoms with Gasteiger partial charge >= 0.3 is 0 Å². The van der Waals surface area contributed by atoms with Gasteiger partial charge in [0.25, 0.3) is 0 Å². The fourth-order valence-electron chi connectivity index (χ4n) is 2.29. The molecule has 7 nitrogen and oxygen atoms in total. The molecule has 2 aromatic rings. The van der Waals surface area contributed by atoms with Crippen molar-refractivity contribution in [1.29, 1.82) is 0 Å². The van der Waals surface area contributed by atoms with Gasteiger partial charge in [0.05, 0.1) is 17.6 Å². The lowest BCUT2D eigenvalue weighted by atomic mass is 10.2. The summed E-state index contributed by atoms with van der Waals surface area (Å²) >= 11 is 0. The molecule has 24 heavy (non-hydrogen) atoms. The minimum Gasteiger partial charge on any atom is -0.338 e. The topological polar surface area (TPSA) is 92.5 Å². The standard InChI is InChI=1S/C16H21N3O4S/c1-5-14-12(3)16(23-18-14)17-15(20)10-19(24(4,21)22)13-8-6-7-11(2)9-13/h6-9H,5,10H2,1-4H3,(H,17,20). The Morgan fingerprint density at radius 1 is 1.33 bits per heavy atom. The second-order valence-corrected chi connectivity index (χ2v) is 7.50. The van der Waals surface area contributed by atoms with Crippen molar-refractivity contribution in [1.82, 2.24) is 5.16 Å². The van der Waals surface area contributed by atoms with Crippen LogP contribution in [0, 0.1) is 13.8 Å². The van der Waals surface area contributed by atoms with Crippen LogP contribution in [-0.4, -0.2) is 32.3 Å². The number of nitrogens with one attached hydrogen (secondary N) is 1. The van der Waals surface area contributed by atoms with Gasteiger partial charge in [-0.15, -0.1) is 0 Å². The Kier molecular flexibility index (Phi) is 5.28. The van der Waals surface area contributed by atoms with Gasteiger partial charge in [-0.05, 0) is 38.0 Å². The van der Waals surface area contributed by atoms with Crippen molar-refractivity contribution >= 4 is 27.5 Å². The molecule has 1 N–H and O–H groups in total. The van der Waals surface area contributed by atoms with Gasteiger partial charge in [0, 0.05) is 5.56 Å². The SMILES string of the molecule is CCc1noc(NC(=O)CN(c2cccc(C)c2)S(C)(=O)=O)c1C. The lowest BCUT2D eigenvalue weighted by molar-refractivity contribution is -0.114. The molecular formula is C16H21N3O4S. The van der Waals surface area contributed by atoms with Crippen LogP contribution in [0.5, 0.6) is 0 Å². The van der Waals surface area contributed by atoms with E-state index in [2.05, 4.69) is 10.5 Å². The number of carbonyl (C=O) groups excluding carboxylic acids is 1. The van der Waals surface area contributed by atoms with Crippen molar-refractivity contribution in [3.05, 3.63) is 41.1 Å². The smallest absolute Gasteiger partial charge is 0.247 e. The number of nitrogens with zero attached hydrogens (tertiary/aromatic N) is 2. The van der Waals surface area contributed by atoms with Crippen LogP contribution in [0.1, 0.15) is 23.7 Å². The second kappa shape index (κ2) is 7.04. The molecule has 1 heterocycles. The molecule has 8 heteroatoms. The van der Waals surface area contributed by atoms with E-state index >= 15 is 0 Å². The van der Waals surface area contributed by atoms with Crippen LogP contribution in [0.25, 0.3) is 0 Å². The summed E-state index contributed by atoms with van der Waals surface area (Å²) in [6, 6.07) is 6.96. The Morgan fingerprint density at radius 3 is 2.58 bits per heavy atom. The van der Waals surface area contributed by atoms with Crippen LogP contribution in [0.2, 0.25) is 0 Å². The average molecular weight is 351 g/mol. The van der Waals surface area contributed by atoms with Crippen LogP contribution in [0.15, 0.2) is 28.8 Å². The van der Waals surface area contributed by atoms with Crippen LogP contribution >= 0.6 is 0 Å². The highest BCUT2D eigenvalue weighted by atomic mass is 32.2. The summed E-state index contributed by atoms with van der Waals surface area (Å²) in [5.41, 5.74) is 2.84. The Hall–Kier alpha value is -2.35. The van der Waals surface area contributed by atoms with Crippen LogP contribution in [0.4, 0.5) is 11.6 Å². The van der Waals surface area contributed by atoms with E-state index in [1.807, 2.05) is 19.9 Å². The molecule has 2 rings (SSSR count). The van der Waals surface area contributed by atoms with Gasteiger partial charge in [-0.2, -0.15) is 0 Å². The molecule has 0 spiro atoms. The number of carbonyl (C=O) groups is 1. The molecule has 1 amide bonds. The molecule has 0 saturated heterocycles. The summed E-state index contributed by atoms with van der Waals surface area (Å²) < 4.78 is 30.3. The van der Waals surface area contributed by atoms with Crippen molar-refractivity contribution in [2.45, 2.75) is 27.2 Å². The lowest BCUT2D eigenvalue weighted by Crippen LogP contribution is -2.37. The molecule has 0 saturated carbocycles. The molecule has 0 aliphatic heterocycles. The molecular weight excluding hydrogens is 330 g/mol. The molecule has 1 aromatic heterocycles. The van der Waals surface area contributed by atoms with E-state index in [0.29, 0.717) is 12.1 Å². The maximum Gasteiger partial charge on any atom is 0.247 e. The number of aryl methyl sites for hydroxylation is 2. The maximum absolute atomic E-state index is 12.3. The Morgan fingerprint density at radius 2 is 2.04 bits per heavy atom. The van der Waals surface area contributed by atoms with Gasteiger partial charge in [0.15, 0.2) is 0 Å². The third kappa shape index (κ3) is 4.14. The molecule has 0 unspecified atom stereocenters. The van der Waals surface area contributed by atoms with Crippen LogP contribution in [0.3, 0.4) is 0 Å². The highest BCUT2D eigenvalue weighted by Crippen LogP contribution is 2.21. The molecule has 0 fully saturated rings. The van der Waals surface area contributed by atoms with Gasteiger partial charge in [-0.3, -0.25) is 14.4 Å². The van der Waals surface area contributed by atoms with E-state index < -0.39 is 15.9 Å². The number of aromatic nitrogens is 1. The highest BCUT2D eigenvalue weighted by Gasteiger charge is 2.22. The van der Waals surface area contributed by atoms with Crippen molar-refractivity contribution in [2.75, 3.05) is 22.4 Å². The minimum absolute atomic E-state index is 0.245. The molecule has 0 aliphatic carbocycles. The molecule has 0 atom stereocenters. The van der Waals surface area contributed by atoms with Gasteiger partial charge in [-0.25, -0.2) is 8.42 Å². The van der Waals surface area contributed by atoms with Crippen LogP contribution in [-0.2, 0) is 21.2 Å². The van der Waals surface area contributed by atoms with E-state index in [-0.39, 0.29) is 12.4 Å². The van der Waals surface area contributed by atoms with Crippen molar-refractivity contribution < 1.29 is 17.7 Å². The largest absolute Gasteiger partial charge is 0.338 e. The number of anilines is 2. The molecule has 0 bridgehead atoms. The number of benzene rings is 1. The van der Waals surface area contributed by atoms with Gasteiger partial charge in [-0.1, -0.05) is 24.2 Å². The first-order valence-electron chi connectivity index (χ1n) is 7.51. The first kappa shape index (κ1) is 18.0. The number of amides is 1. The molecule has 1 aromatic carbocycles. The Bertz CT molecular complexity index is 843. The highest BCUT2D eigenvalue weighted by molar-refractivity contribution is 7.92. The summed E-state index contributed by atoms with van der Waals surface area (Å²) in [6.45, 7) is 5.23. The van der Waals surface area contributed by atoms with E-state index in [0.717, 1.165) is 27.4 Å². The summed E-state index contributed by atoms with van der Waals surface area (Å²) in [6.07, 6.45) is 1.75. The summed E-state index contributed by atoms with van der Waals surface area (Å²) in [4.78, 5) is 12.3. The predicted molar refractivity (Wildman–Crippen MR) is 92.6 cm³/mol. The molecule has 0 aliphatic rings. The van der Waals surface area contributed by atoms with Gasteiger partial charge < -0.3 is 4.52 Å². The monoisotopic (exact) mass is 351 g/mol. The van der Waals surface area contributed by atoms with Crippen LogP contribution < -0.4 is 9.62 Å². The zero-order valence-electron chi connectivity index (χ0n) is 14.2. The summed E-state index contributed by atoms with van der Waals surface area (Å²) in [7, 11) is -3.61. The van der Waals surface area contributed by atoms with Crippen molar-refractivity contribution in [3.63, 3.8) is 0 Å². The summed E-state index contributed by atoms with van der Waals surface area (Å²) in [5, 5.41) is 6.44. The second-order valence-electron chi connectivity index (χ2n) is 5.59. The first-order chi connectivity index (χ1) is 11.2. The zero-order chi connectivity index (χ0) is 17.9. The van der Waals surface area contributed by atoms with Crippen molar-refractivity contribution in [2.24, 2.45) is 0 Å². The Balaban J connectivity index is 2.21. The van der Waals surface area contributed by atoms with Gasteiger partial charge in [0.2, 0.25) is 21.8 Å². The number of sulfonamides is 1. The average Bonchev–Trinajstić information content (AvgIpc) is 2.84. The van der Waals surface area contributed by atoms with Crippen molar-refractivity contribution in [3.8, 4) is 0 Å². The predicted octanol–water partition coefficient (Wildman–Crippen LogP) is 2.26. The Labute approximate surface area is 141 Å². The molecule has 130 valence electrons. The molecule has 0 radical (unpaired) electrons. The fourth-order valence-corrected chi connectivity index (χ4v) is 3.14. The van der Waals surface area contributed by atoms with E-state index in [4.69, 9.17) is 4.52 Å². The third-order valence-electron chi connectivity index (χ3n) is 3.59. The fraction of sp³-hybridized carbons (Fsp3) is 0.375. The normalized spacial score (nSPS) is 11.3.